The summed E-state index contributed by atoms with van der Waals surface area (Å²) in [5.74, 6) is -0.181. The van der Waals surface area contributed by atoms with E-state index in [0.717, 1.165) is 0 Å². The van der Waals surface area contributed by atoms with E-state index in [1.54, 1.807) is 38.1 Å². The minimum absolute atomic E-state index is 0.181. The Hall–Kier alpha value is -2.77. The molecular weight excluding hydrogens is 340 g/mol. The molecule has 25 heavy (non-hydrogen) atoms. The number of rotatable bonds is 3. The zero-order valence-electron chi connectivity index (χ0n) is 13.6. The van der Waals surface area contributed by atoms with Gasteiger partial charge in [0.1, 0.15) is 10.6 Å². The Morgan fingerprint density at radius 3 is 2.20 bits per heavy atom. The zero-order valence-corrected chi connectivity index (χ0v) is 14.4. The maximum absolute atomic E-state index is 11.7. The number of benzene rings is 3. The van der Waals surface area contributed by atoms with Gasteiger partial charge in [0.05, 0.1) is 5.69 Å². The molecule has 0 aromatic heterocycles. The Bertz CT molecular complexity index is 1090. The second-order valence-corrected chi connectivity index (χ2v) is 7.07. The Labute approximate surface area is 145 Å². The molecule has 3 rings (SSSR count). The molecule has 7 heteroatoms. The molecule has 3 aromatic rings. The van der Waals surface area contributed by atoms with Crippen molar-refractivity contribution in [2.24, 2.45) is 10.2 Å². The zero-order chi connectivity index (χ0) is 18.2. The number of aryl methyl sites for hydroxylation is 2. The maximum atomic E-state index is 11.7. The van der Waals surface area contributed by atoms with Gasteiger partial charge in [0.25, 0.3) is 10.1 Å². The lowest BCUT2D eigenvalue weighted by Gasteiger charge is -2.12. The number of azo groups is 1. The van der Waals surface area contributed by atoms with Gasteiger partial charge in [-0.15, -0.1) is 5.11 Å². The highest BCUT2D eigenvalue weighted by molar-refractivity contribution is 7.86. The fourth-order valence-electron chi connectivity index (χ4n) is 2.73. The third-order valence-electron chi connectivity index (χ3n) is 3.89. The molecule has 0 heterocycles. The predicted molar refractivity (Wildman–Crippen MR) is 95.5 cm³/mol. The lowest BCUT2D eigenvalue weighted by molar-refractivity contribution is 0.481. The molecule has 0 spiro atoms. The van der Waals surface area contributed by atoms with Gasteiger partial charge in [-0.05, 0) is 43.2 Å². The molecule has 0 fully saturated rings. The van der Waals surface area contributed by atoms with Crippen LogP contribution < -0.4 is 0 Å². The van der Waals surface area contributed by atoms with Gasteiger partial charge in [-0.1, -0.05) is 30.3 Å². The summed E-state index contributed by atoms with van der Waals surface area (Å²) < 4.78 is 33.0. The van der Waals surface area contributed by atoms with E-state index in [4.69, 9.17) is 0 Å². The maximum Gasteiger partial charge on any atom is 0.295 e. The van der Waals surface area contributed by atoms with E-state index in [-0.39, 0.29) is 27.1 Å². The van der Waals surface area contributed by atoms with Crippen molar-refractivity contribution in [2.75, 3.05) is 0 Å². The Balaban J connectivity index is 2.24. The minimum Gasteiger partial charge on any atom is -0.505 e. The van der Waals surface area contributed by atoms with Crippen molar-refractivity contribution in [1.29, 1.82) is 0 Å². The molecule has 0 aliphatic heterocycles. The van der Waals surface area contributed by atoms with Crippen molar-refractivity contribution in [2.45, 2.75) is 18.7 Å². The summed E-state index contributed by atoms with van der Waals surface area (Å²) in [4.78, 5) is -0.213. The number of hydrogen-bond donors (Lipinski definition) is 2. The molecule has 0 aliphatic carbocycles. The van der Waals surface area contributed by atoms with Crippen LogP contribution in [0.4, 0.5) is 11.4 Å². The summed E-state index contributed by atoms with van der Waals surface area (Å²) in [6.45, 7) is 3.27. The lowest BCUT2D eigenvalue weighted by Crippen LogP contribution is -2.02. The van der Waals surface area contributed by atoms with Gasteiger partial charge in [0.2, 0.25) is 0 Å². The van der Waals surface area contributed by atoms with Crippen LogP contribution >= 0.6 is 0 Å². The summed E-state index contributed by atoms with van der Waals surface area (Å²) in [5, 5.41) is 19.3. The van der Waals surface area contributed by atoms with Gasteiger partial charge in [-0.25, -0.2) is 0 Å². The summed E-state index contributed by atoms with van der Waals surface area (Å²) in [5.41, 5.74) is 1.82. The van der Waals surface area contributed by atoms with Crippen molar-refractivity contribution >= 4 is 32.3 Å². The summed E-state index contributed by atoms with van der Waals surface area (Å²) >= 11 is 0. The quantitative estimate of drug-likeness (QED) is 0.519. The second-order valence-electron chi connectivity index (χ2n) is 5.71. The van der Waals surface area contributed by atoms with Gasteiger partial charge < -0.3 is 5.11 Å². The first-order valence-electron chi connectivity index (χ1n) is 7.49. The number of nitrogens with zero attached hydrogens (tertiary/aromatic N) is 2. The number of hydrogen-bond acceptors (Lipinski definition) is 5. The van der Waals surface area contributed by atoms with Gasteiger partial charge in [-0.3, -0.25) is 4.55 Å². The van der Waals surface area contributed by atoms with E-state index < -0.39 is 10.1 Å². The number of phenols is 1. The van der Waals surface area contributed by atoms with E-state index in [1.165, 1.54) is 6.07 Å². The standard InChI is InChI=1S/C18H16N2O4S/c1-11-8-9-14-15(18(11)25(22,23)24)10-12(2)16(17(14)21)20-19-13-6-4-3-5-7-13/h3-10,21H,1-2H3,(H,22,23,24). The third-order valence-corrected chi connectivity index (χ3v) is 4.94. The Kier molecular flexibility index (Phi) is 4.28. The van der Waals surface area contributed by atoms with Crippen LogP contribution in [0.25, 0.3) is 10.8 Å². The molecule has 0 bridgehead atoms. The molecule has 0 amide bonds. The van der Waals surface area contributed by atoms with E-state index in [9.17, 15) is 18.1 Å². The molecule has 6 nitrogen and oxygen atoms in total. The van der Waals surface area contributed by atoms with Crippen molar-refractivity contribution in [1.82, 2.24) is 0 Å². The molecule has 3 aromatic carbocycles. The van der Waals surface area contributed by atoms with Crippen LogP contribution in [0.2, 0.25) is 0 Å². The smallest absolute Gasteiger partial charge is 0.295 e. The molecular formula is C18H16N2O4S. The van der Waals surface area contributed by atoms with Crippen LogP contribution in [0, 0.1) is 13.8 Å². The van der Waals surface area contributed by atoms with Crippen molar-refractivity contribution in [3.05, 3.63) is 59.7 Å². The molecule has 0 saturated carbocycles. The Morgan fingerprint density at radius 2 is 1.56 bits per heavy atom. The van der Waals surface area contributed by atoms with Gasteiger partial charge in [0.15, 0.2) is 5.75 Å². The first-order valence-corrected chi connectivity index (χ1v) is 8.93. The summed E-state index contributed by atoms with van der Waals surface area (Å²) in [6, 6.07) is 13.7. The molecule has 0 radical (unpaired) electrons. The average Bonchev–Trinajstić information content (AvgIpc) is 2.54. The topological polar surface area (TPSA) is 99.3 Å². The highest BCUT2D eigenvalue weighted by atomic mass is 32.2. The summed E-state index contributed by atoms with van der Waals surface area (Å²) in [7, 11) is -4.43. The fourth-order valence-corrected chi connectivity index (χ4v) is 3.65. The highest BCUT2D eigenvalue weighted by Gasteiger charge is 2.21. The van der Waals surface area contributed by atoms with Gasteiger partial charge >= 0.3 is 0 Å². The first kappa shape index (κ1) is 17.1. The molecule has 0 unspecified atom stereocenters. The van der Waals surface area contributed by atoms with Gasteiger partial charge in [-0.2, -0.15) is 13.5 Å². The number of fused-ring (bicyclic) bond motifs is 1. The van der Waals surface area contributed by atoms with Crippen molar-refractivity contribution in [3.8, 4) is 5.75 Å². The minimum atomic E-state index is -4.43. The molecule has 0 aliphatic rings. The van der Waals surface area contributed by atoms with Crippen LogP contribution in [0.5, 0.6) is 5.75 Å². The predicted octanol–water partition coefficient (Wildman–Crippen LogP) is 4.82. The lowest BCUT2D eigenvalue weighted by atomic mass is 10.0. The van der Waals surface area contributed by atoms with Gasteiger partial charge in [0, 0.05) is 10.8 Å². The van der Waals surface area contributed by atoms with E-state index >= 15 is 0 Å². The number of phenolic OH excluding ortho intramolecular Hbond substituents is 1. The Morgan fingerprint density at radius 1 is 0.880 bits per heavy atom. The third kappa shape index (κ3) is 3.24. The van der Waals surface area contributed by atoms with Crippen LogP contribution in [-0.2, 0) is 10.1 Å². The first-order chi connectivity index (χ1) is 11.8. The van der Waals surface area contributed by atoms with Crippen LogP contribution in [0.1, 0.15) is 11.1 Å². The molecule has 128 valence electrons. The van der Waals surface area contributed by atoms with Crippen LogP contribution in [0.15, 0.2) is 63.7 Å². The van der Waals surface area contributed by atoms with Crippen LogP contribution in [-0.4, -0.2) is 18.1 Å². The van der Waals surface area contributed by atoms with E-state index in [2.05, 4.69) is 10.2 Å². The molecule has 2 N–H and O–H groups in total. The van der Waals surface area contributed by atoms with E-state index in [1.807, 2.05) is 18.2 Å². The highest BCUT2D eigenvalue weighted by Crippen LogP contribution is 2.41. The molecule has 0 atom stereocenters. The van der Waals surface area contributed by atoms with Crippen molar-refractivity contribution < 1.29 is 18.1 Å². The largest absolute Gasteiger partial charge is 0.505 e. The van der Waals surface area contributed by atoms with E-state index in [0.29, 0.717) is 16.8 Å². The van der Waals surface area contributed by atoms with Crippen molar-refractivity contribution in [3.63, 3.8) is 0 Å². The number of aromatic hydroxyl groups is 1. The SMILES string of the molecule is Cc1cc2c(S(=O)(=O)O)c(C)ccc2c(O)c1N=Nc1ccccc1. The fraction of sp³-hybridized carbons (Fsp3) is 0.111. The van der Waals surface area contributed by atoms with Crippen LogP contribution in [0.3, 0.4) is 0 Å². The second kappa shape index (κ2) is 6.27. The monoisotopic (exact) mass is 356 g/mol. The normalized spacial score (nSPS) is 12.1. The average molecular weight is 356 g/mol. The molecule has 0 saturated heterocycles. The summed E-state index contributed by atoms with van der Waals surface area (Å²) in [6.07, 6.45) is 0.